The van der Waals surface area contributed by atoms with Gasteiger partial charge in [-0.05, 0) is 35.3 Å². The van der Waals surface area contributed by atoms with E-state index in [-0.39, 0.29) is 0 Å². The lowest BCUT2D eigenvalue weighted by Gasteiger charge is -2.12. The van der Waals surface area contributed by atoms with Crippen LogP contribution in [0.25, 0.3) is 0 Å². The fourth-order valence-corrected chi connectivity index (χ4v) is 1.96. The molecule has 1 aromatic carbocycles. The Labute approximate surface area is 82.0 Å². The number of rotatable bonds is 1. The van der Waals surface area contributed by atoms with Crippen molar-refractivity contribution in [3.05, 3.63) is 28.8 Å². The Morgan fingerprint density at radius 3 is 2.46 bits per heavy atom. The highest BCUT2D eigenvalue weighted by Gasteiger charge is 2.08. The average Bonchev–Trinajstić information content (AvgIpc) is 2.09. The molecular formula is C11H14NP. The van der Waals surface area contributed by atoms with E-state index in [1.807, 2.05) is 19.1 Å². The van der Waals surface area contributed by atoms with Crippen molar-refractivity contribution in [3.8, 4) is 6.07 Å². The summed E-state index contributed by atoms with van der Waals surface area (Å²) < 4.78 is 0. The first-order valence-electron chi connectivity index (χ1n) is 4.37. The van der Waals surface area contributed by atoms with E-state index in [0.29, 0.717) is 5.92 Å². The van der Waals surface area contributed by atoms with E-state index in [1.165, 1.54) is 10.9 Å². The number of nitrogens with zero attached hydrogens (tertiary/aromatic N) is 1. The van der Waals surface area contributed by atoms with Crippen LogP contribution in [-0.4, -0.2) is 0 Å². The van der Waals surface area contributed by atoms with Gasteiger partial charge in [-0.25, -0.2) is 0 Å². The molecule has 0 aliphatic heterocycles. The smallest absolute Gasteiger partial charge is 0.0994 e. The Bertz CT molecular complexity index is 361. The summed E-state index contributed by atoms with van der Waals surface area (Å²) >= 11 is 0. The molecule has 0 bridgehead atoms. The molecule has 0 N–H and O–H groups in total. The van der Waals surface area contributed by atoms with E-state index in [4.69, 9.17) is 5.26 Å². The molecule has 1 atom stereocenters. The van der Waals surface area contributed by atoms with Crippen LogP contribution in [0.3, 0.4) is 0 Å². The van der Waals surface area contributed by atoms with Crippen molar-refractivity contribution in [3.63, 3.8) is 0 Å². The molecule has 0 aliphatic rings. The zero-order valence-corrected chi connectivity index (χ0v) is 9.41. The summed E-state index contributed by atoms with van der Waals surface area (Å²) in [5, 5.41) is 9.99. The Morgan fingerprint density at radius 2 is 2.00 bits per heavy atom. The second-order valence-electron chi connectivity index (χ2n) is 3.51. The molecule has 0 saturated carbocycles. The van der Waals surface area contributed by atoms with Gasteiger partial charge in [-0.15, -0.1) is 9.24 Å². The Balaban J connectivity index is 3.33. The summed E-state index contributed by atoms with van der Waals surface area (Å²) in [5.74, 6) is 0.513. The van der Waals surface area contributed by atoms with Crippen LogP contribution in [-0.2, 0) is 0 Å². The normalized spacial score (nSPS) is 10.2. The van der Waals surface area contributed by atoms with E-state index in [0.717, 1.165) is 11.1 Å². The van der Waals surface area contributed by atoms with Gasteiger partial charge in [0.25, 0.3) is 0 Å². The average molecular weight is 191 g/mol. The Morgan fingerprint density at radius 1 is 1.38 bits per heavy atom. The van der Waals surface area contributed by atoms with Gasteiger partial charge in [0.2, 0.25) is 0 Å². The topological polar surface area (TPSA) is 23.8 Å². The third kappa shape index (κ3) is 1.90. The van der Waals surface area contributed by atoms with E-state index in [2.05, 4.69) is 29.2 Å². The van der Waals surface area contributed by atoms with Crippen molar-refractivity contribution in [1.29, 1.82) is 5.26 Å². The van der Waals surface area contributed by atoms with Crippen LogP contribution in [0.4, 0.5) is 0 Å². The van der Waals surface area contributed by atoms with Gasteiger partial charge < -0.3 is 0 Å². The minimum Gasteiger partial charge on any atom is -0.192 e. The molecule has 0 saturated heterocycles. The molecule has 68 valence electrons. The van der Waals surface area contributed by atoms with Crippen molar-refractivity contribution in [2.24, 2.45) is 0 Å². The quantitative estimate of drug-likeness (QED) is 0.625. The molecule has 2 heteroatoms. The van der Waals surface area contributed by atoms with Crippen LogP contribution in [0.15, 0.2) is 12.1 Å². The van der Waals surface area contributed by atoms with Gasteiger partial charge in [-0.3, -0.25) is 0 Å². The lowest BCUT2D eigenvalue weighted by atomic mass is 9.98. The maximum atomic E-state index is 8.81. The van der Waals surface area contributed by atoms with Crippen LogP contribution in [0, 0.1) is 18.3 Å². The minimum absolute atomic E-state index is 0.513. The van der Waals surface area contributed by atoms with E-state index >= 15 is 0 Å². The van der Waals surface area contributed by atoms with Gasteiger partial charge in [0.15, 0.2) is 0 Å². The molecule has 13 heavy (non-hydrogen) atoms. The van der Waals surface area contributed by atoms with Crippen LogP contribution in [0.2, 0.25) is 0 Å². The summed E-state index contributed by atoms with van der Waals surface area (Å²) in [5.41, 5.74) is 3.16. The molecule has 0 radical (unpaired) electrons. The van der Waals surface area contributed by atoms with Crippen molar-refractivity contribution in [2.45, 2.75) is 26.7 Å². The molecule has 0 spiro atoms. The predicted molar refractivity (Wildman–Crippen MR) is 59.3 cm³/mol. The maximum absolute atomic E-state index is 8.81. The molecule has 1 unspecified atom stereocenters. The summed E-state index contributed by atoms with van der Waals surface area (Å²) in [6.07, 6.45) is 0. The second-order valence-corrected chi connectivity index (χ2v) is 4.08. The number of hydrogen-bond acceptors (Lipinski definition) is 1. The predicted octanol–water partition coefficient (Wildman–Crippen LogP) is 2.49. The monoisotopic (exact) mass is 191 g/mol. The maximum Gasteiger partial charge on any atom is 0.0994 e. The molecule has 1 rings (SSSR count). The fraction of sp³-hybridized carbons (Fsp3) is 0.364. The van der Waals surface area contributed by atoms with Crippen molar-refractivity contribution in [2.75, 3.05) is 0 Å². The fourth-order valence-electron chi connectivity index (χ4n) is 1.37. The van der Waals surface area contributed by atoms with Gasteiger partial charge in [0.1, 0.15) is 0 Å². The van der Waals surface area contributed by atoms with Crippen LogP contribution >= 0.6 is 9.24 Å². The highest BCUT2D eigenvalue weighted by atomic mass is 31.0. The molecule has 0 aliphatic carbocycles. The third-order valence-corrected chi connectivity index (χ3v) is 3.06. The largest absolute Gasteiger partial charge is 0.192 e. The zero-order valence-electron chi connectivity index (χ0n) is 8.26. The SMILES string of the molecule is Cc1c(C#N)ccc(C(C)C)c1P. The third-order valence-electron chi connectivity index (χ3n) is 2.29. The highest BCUT2D eigenvalue weighted by molar-refractivity contribution is 7.27. The van der Waals surface area contributed by atoms with Crippen molar-refractivity contribution >= 4 is 14.5 Å². The molecule has 1 aromatic rings. The standard InChI is InChI=1S/C11H14NP/c1-7(2)10-5-4-9(6-12)8(3)11(10)13/h4-5,7H,13H2,1-3H3. The van der Waals surface area contributed by atoms with E-state index in [9.17, 15) is 0 Å². The van der Waals surface area contributed by atoms with Crippen molar-refractivity contribution < 1.29 is 0 Å². The van der Waals surface area contributed by atoms with Gasteiger partial charge in [0.05, 0.1) is 11.6 Å². The summed E-state index contributed by atoms with van der Waals surface area (Å²) in [6, 6.07) is 6.13. The molecular weight excluding hydrogens is 177 g/mol. The number of benzene rings is 1. The van der Waals surface area contributed by atoms with Crippen molar-refractivity contribution in [1.82, 2.24) is 0 Å². The van der Waals surface area contributed by atoms with Gasteiger partial charge >= 0.3 is 0 Å². The first-order chi connectivity index (χ1) is 6.07. The van der Waals surface area contributed by atoms with Crippen LogP contribution < -0.4 is 5.30 Å². The van der Waals surface area contributed by atoms with Gasteiger partial charge in [-0.1, -0.05) is 19.9 Å². The Kier molecular flexibility index (Phi) is 3.07. The molecule has 1 nitrogen and oxygen atoms in total. The highest BCUT2D eigenvalue weighted by Crippen LogP contribution is 2.18. The molecule has 0 aromatic heterocycles. The van der Waals surface area contributed by atoms with Gasteiger partial charge in [0, 0.05) is 0 Å². The lowest BCUT2D eigenvalue weighted by Crippen LogP contribution is -2.09. The Hall–Kier alpha value is -0.860. The minimum atomic E-state index is 0.513. The number of nitriles is 1. The van der Waals surface area contributed by atoms with Crippen LogP contribution in [0.5, 0.6) is 0 Å². The van der Waals surface area contributed by atoms with Gasteiger partial charge in [-0.2, -0.15) is 5.26 Å². The lowest BCUT2D eigenvalue weighted by molar-refractivity contribution is 0.872. The van der Waals surface area contributed by atoms with Crippen LogP contribution in [0.1, 0.15) is 36.5 Å². The van der Waals surface area contributed by atoms with E-state index in [1.54, 1.807) is 0 Å². The summed E-state index contributed by atoms with van der Waals surface area (Å²) in [6.45, 7) is 6.32. The molecule has 0 amide bonds. The summed E-state index contributed by atoms with van der Waals surface area (Å²) in [7, 11) is 2.73. The second kappa shape index (κ2) is 3.90. The molecule has 0 fully saturated rings. The zero-order chi connectivity index (χ0) is 10.0. The van der Waals surface area contributed by atoms with E-state index < -0.39 is 0 Å². The number of hydrogen-bond donors (Lipinski definition) is 0. The summed E-state index contributed by atoms with van der Waals surface area (Å²) in [4.78, 5) is 0. The molecule has 0 heterocycles. The first-order valence-corrected chi connectivity index (χ1v) is 4.94. The first kappa shape index (κ1) is 10.2.